The second-order valence-corrected chi connectivity index (χ2v) is 4.12. The van der Waals surface area contributed by atoms with Crippen molar-refractivity contribution in [1.29, 1.82) is 0 Å². The van der Waals surface area contributed by atoms with Crippen LogP contribution in [0.4, 0.5) is 0 Å². The van der Waals surface area contributed by atoms with Crippen molar-refractivity contribution in [2.75, 3.05) is 0 Å². The largest absolute Gasteiger partial charge is 0.478 e. The van der Waals surface area contributed by atoms with Gasteiger partial charge in [0.25, 0.3) is 0 Å². The molecule has 0 rings (SSSR count). The second-order valence-electron chi connectivity index (χ2n) is 4.12. The average molecular weight is 214 g/mol. The van der Waals surface area contributed by atoms with Crippen LogP contribution in [0, 0.1) is 5.41 Å². The molecule has 2 N–H and O–H groups in total. The van der Waals surface area contributed by atoms with Gasteiger partial charge in [-0.1, -0.05) is 33.9 Å². The zero-order valence-corrected chi connectivity index (χ0v) is 9.63. The van der Waals surface area contributed by atoms with Crippen LogP contribution in [-0.4, -0.2) is 22.2 Å². The predicted molar refractivity (Wildman–Crippen MR) is 58.7 cm³/mol. The number of carboxylic acids is 2. The Hall–Kier alpha value is -1.58. The van der Waals surface area contributed by atoms with Crippen LogP contribution in [0.2, 0.25) is 0 Å². The zero-order chi connectivity index (χ0) is 12.8. The topological polar surface area (TPSA) is 74.6 Å². The van der Waals surface area contributed by atoms with Crippen LogP contribution in [0.25, 0.3) is 0 Å². The maximum absolute atomic E-state index is 10.2. The summed E-state index contributed by atoms with van der Waals surface area (Å²) in [5.74, 6) is -1.85. The van der Waals surface area contributed by atoms with E-state index in [4.69, 9.17) is 10.2 Å². The normalized spacial score (nSPS) is 9.60. The molecule has 0 aliphatic heterocycles. The summed E-state index contributed by atoms with van der Waals surface area (Å²) in [5, 5.41) is 16.3. The van der Waals surface area contributed by atoms with Gasteiger partial charge in [0.1, 0.15) is 0 Å². The van der Waals surface area contributed by atoms with E-state index in [1.165, 1.54) is 6.92 Å². The van der Waals surface area contributed by atoms with Gasteiger partial charge in [0, 0.05) is 11.1 Å². The summed E-state index contributed by atoms with van der Waals surface area (Å²) in [7, 11) is 0. The number of hydrogen-bond acceptors (Lipinski definition) is 2. The molecule has 0 atom stereocenters. The maximum Gasteiger partial charge on any atom is 0.331 e. The number of aliphatic carboxylic acids is 2. The van der Waals surface area contributed by atoms with Gasteiger partial charge in [-0.05, 0) is 12.3 Å². The summed E-state index contributed by atoms with van der Waals surface area (Å²) < 4.78 is 0. The Bertz CT molecular complexity index is 269. The molecule has 0 aromatic heterocycles. The number of hydrogen-bond donors (Lipinski definition) is 2. The van der Waals surface area contributed by atoms with E-state index >= 15 is 0 Å². The van der Waals surface area contributed by atoms with Gasteiger partial charge in [0.05, 0.1) is 0 Å². The highest BCUT2D eigenvalue weighted by Gasteiger charge is 2.20. The SMILES string of the molecule is C=C(C(=O)O)C(C)(C)C.C=C(C)C(=O)O. The summed E-state index contributed by atoms with van der Waals surface area (Å²) in [4.78, 5) is 19.8. The minimum absolute atomic E-state index is 0.176. The predicted octanol–water partition coefficient (Wildman–Crippen LogP) is 2.32. The first-order valence-electron chi connectivity index (χ1n) is 4.31. The van der Waals surface area contributed by atoms with E-state index in [1.807, 2.05) is 20.8 Å². The standard InChI is InChI=1S/C7H12O2.C4H6O2/c1-5(6(8)9)7(2,3)4;1-3(2)4(5)6/h1H2,2-4H3,(H,8,9);1H2,2H3,(H,5,6). The highest BCUT2D eigenvalue weighted by molar-refractivity contribution is 5.87. The molecule has 15 heavy (non-hydrogen) atoms. The van der Waals surface area contributed by atoms with E-state index in [-0.39, 0.29) is 16.6 Å². The molecule has 0 aliphatic rings. The Morgan fingerprint density at radius 2 is 1.27 bits per heavy atom. The lowest BCUT2D eigenvalue weighted by molar-refractivity contribution is -0.134. The molecule has 0 saturated carbocycles. The van der Waals surface area contributed by atoms with Crippen molar-refractivity contribution < 1.29 is 19.8 Å². The molecule has 0 spiro atoms. The fourth-order valence-electron chi connectivity index (χ4n) is 0.321. The third-order valence-corrected chi connectivity index (χ3v) is 1.53. The summed E-state index contributed by atoms with van der Waals surface area (Å²) in [6, 6.07) is 0. The van der Waals surface area contributed by atoms with Crippen molar-refractivity contribution in [2.45, 2.75) is 27.7 Å². The van der Waals surface area contributed by atoms with Crippen molar-refractivity contribution in [3.8, 4) is 0 Å². The fraction of sp³-hybridized carbons (Fsp3) is 0.455. The fourth-order valence-corrected chi connectivity index (χ4v) is 0.321. The van der Waals surface area contributed by atoms with E-state index in [2.05, 4.69) is 13.2 Å². The van der Waals surface area contributed by atoms with Gasteiger partial charge in [-0.25, -0.2) is 9.59 Å². The van der Waals surface area contributed by atoms with E-state index < -0.39 is 11.9 Å². The van der Waals surface area contributed by atoms with Gasteiger partial charge in [-0.2, -0.15) is 0 Å². The van der Waals surface area contributed by atoms with Gasteiger partial charge in [-0.3, -0.25) is 0 Å². The Labute approximate surface area is 89.9 Å². The summed E-state index contributed by atoms with van der Waals surface area (Å²) in [6.45, 7) is 13.5. The molecule has 0 radical (unpaired) electrons. The molecule has 0 heterocycles. The first kappa shape index (κ1) is 15.9. The molecule has 0 amide bonds. The lowest BCUT2D eigenvalue weighted by atomic mass is 9.88. The van der Waals surface area contributed by atoms with Crippen LogP contribution in [0.1, 0.15) is 27.7 Å². The minimum Gasteiger partial charge on any atom is -0.478 e. The molecule has 0 unspecified atom stereocenters. The van der Waals surface area contributed by atoms with E-state index in [9.17, 15) is 9.59 Å². The molecule has 86 valence electrons. The van der Waals surface area contributed by atoms with E-state index in [1.54, 1.807) is 0 Å². The van der Waals surface area contributed by atoms with Gasteiger partial charge < -0.3 is 10.2 Å². The lowest BCUT2D eigenvalue weighted by Gasteiger charge is -2.17. The van der Waals surface area contributed by atoms with Crippen LogP contribution in [0.5, 0.6) is 0 Å². The Morgan fingerprint density at radius 3 is 1.27 bits per heavy atom. The maximum atomic E-state index is 10.2. The number of carboxylic acid groups (broad SMARTS) is 2. The minimum atomic E-state index is -0.935. The molecule has 0 aromatic rings. The molecular formula is C11H18O4. The number of rotatable bonds is 2. The van der Waals surface area contributed by atoms with Crippen molar-refractivity contribution >= 4 is 11.9 Å². The zero-order valence-electron chi connectivity index (χ0n) is 9.63. The Kier molecular flexibility index (Phi) is 6.36. The van der Waals surface area contributed by atoms with Crippen LogP contribution in [0.15, 0.2) is 24.3 Å². The van der Waals surface area contributed by atoms with Gasteiger partial charge in [0.2, 0.25) is 0 Å². The van der Waals surface area contributed by atoms with Crippen LogP contribution < -0.4 is 0 Å². The van der Waals surface area contributed by atoms with Crippen LogP contribution >= 0.6 is 0 Å². The highest BCUT2D eigenvalue weighted by atomic mass is 16.4. The van der Waals surface area contributed by atoms with E-state index in [0.717, 1.165) is 0 Å². The first-order valence-corrected chi connectivity index (χ1v) is 4.31. The lowest BCUT2D eigenvalue weighted by Crippen LogP contribution is -2.15. The van der Waals surface area contributed by atoms with Gasteiger partial charge in [0.15, 0.2) is 0 Å². The summed E-state index contributed by atoms with van der Waals surface area (Å²) >= 11 is 0. The summed E-state index contributed by atoms with van der Waals surface area (Å²) in [5.41, 5.74) is 0.115. The highest BCUT2D eigenvalue weighted by Crippen LogP contribution is 2.22. The average Bonchev–Trinajstić information content (AvgIpc) is 2.02. The molecule has 0 fully saturated rings. The Balaban J connectivity index is 0. The molecular weight excluding hydrogens is 196 g/mol. The van der Waals surface area contributed by atoms with Crippen molar-refractivity contribution in [2.24, 2.45) is 5.41 Å². The molecule has 0 bridgehead atoms. The smallest absolute Gasteiger partial charge is 0.331 e. The van der Waals surface area contributed by atoms with E-state index in [0.29, 0.717) is 0 Å². The molecule has 4 nitrogen and oxygen atoms in total. The van der Waals surface area contributed by atoms with Crippen LogP contribution in [0.3, 0.4) is 0 Å². The molecule has 4 heteroatoms. The van der Waals surface area contributed by atoms with Crippen molar-refractivity contribution in [1.82, 2.24) is 0 Å². The summed E-state index contributed by atoms with van der Waals surface area (Å²) in [6.07, 6.45) is 0. The third-order valence-electron chi connectivity index (χ3n) is 1.53. The molecule has 0 saturated heterocycles. The van der Waals surface area contributed by atoms with Gasteiger partial charge >= 0.3 is 11.9 Å². The Morgan fingerprint density at radius 1 is 1.00 bits per heavy atom. The van der Waals surface area contributed by atoms with Gasteiger partial charge in [-0.15, -0.1) is 0 Å². The van der Waals surface area contributed by atoms with Crippen molar-refractivity contribution in [3.05, 3.63) is 24.3 Å². The van der Waals surface area contributed by atoms with Crippen LogP contribution in [-0.2, 0) is 9.59 Å². The number of carbonyl (C=O) groups is 2. The third kappa shape index (κ3) is 8.74. The quantitative estimate of drug-likeness (QED) is 0.692. The first-order chi connectivity index (χ1) is 6.50. The second kappa shape index (κ2) is 6.01. The molecule has 0 aliphatic carbocycles. The van der Waals surface area contributed by atoms with Crippen molar-refractivity contribution in [3.63, 3.8) is 0 Å². The monoisotopic (exact) mass is 214 g/mol. The molecule has 0 aromatic carbocycles.